The summed E-state index contributed by atoms with van der Waals surface area (Å²) >= 11 is 0. The molecule has 88 valence electrons. The van der Waals surface area contributed by atoms with Crippen LogP contribution in [0.1, 0.15) is 5.69 Å². The van der Waals surface area contributed by atoms with E-state index in [1.54, 1.807) is 38.3 Å². The van der Waals surface area contributed by atoms with Crippen LogP contribution in [-0.2, 0) is 0 Å². The minimum Gasteiger partial charge on any atom is -0.497 e. The molecule has 6 nitrogen and oxygen atoms in total. The molecule has 6 heteroatoms. The van der Waals surface area contributed by atoms with Crippen LogP contribution in [0.15, 0.2) is 39.0 Å². The van der Waals surface area contributed by atoms with E-state index in [2.05, 4.69) is 15.4 Å². The number of methoxy groups -OCH3 is 1. The van der Waals surface area contributed by atoms with Crippen LogP contribution in [0.5, 0.6) is 5.75 Å². The summed E-state index contributed by atoms with van der Waals surface area (Å²) in [5, 5.41) is 11.7. The standard InChI is InChI=1S/C11H12N4O2/c1-7-10(11(12)17-15-7)14-13-8-3-5-9(16-2)6-4-8/h3-6H,12H2,1-2H3. The number of benzene rings is 1. The Labute approximate surface area is 98.1 Å². The minimum atomic E-state index is 0.166. The van der Waals surface area contributed by atoms with Crippen LogP contribution in [0, 0.1) is 6.92 Å². The fraction of sp³-hybridized carbons (Fsp3) is 0.182. The second kappa shape index (κ2) is 4.65. The Morgan fingerprint density at radius 2 is 1.94 bits per heavy atom. The highest BCUT2D eigenvalue weighted by Gasteiger charge is 2.08. The van der Waals surface area contributed by atoms with Crippen molar-refractivity contribution < 1.29 is 9.26 Å². The lowest BCUT2D eigenvalue weighted by atomic mass is 10.3. The summed E-state index contributed by atoms with van der Waals surface area (Å²) in [6.07, 6.45) is 0. The Bertz CT molecular complexity index is 511. The molecule has 0 spiro atoms. The second-order valence-corrected chi connectivity index (χ2v) is 3.38. The van der Waals surface area contributed by atoms with Gasteiger partial charge in [-0.3, -0.25) is 0 Å². The quantitative estimate of drug-likeness (QED) is 0.824. The summed E-state index contributed by atoms with van der Waals surface area (Å²) in [6.45, 7) is 1.75. The average Bonchev–Trinajstić information content (AvgIpc) is 2.67. The van der Waals surface area contributed by atoms with Crippen LogP contribution in [0.4, 0.5) is 17.3 Å². The molecular formula is C11H12N4O2. The summed E-state index contributed by atoms with van der Waals surface area (Å²) in [4.78, 5) is 0. The number of rotatable bonds is 3. The molecule has 1 aromatic carbocycles. The van der Waals surface area contributed by atoms with Crippen molar-refractivity contribution in [3.05, 3.63) is 30.0 Å². The molecule has 1 aromatic heterocycles. The first kappa shape index (κ1) is 11.1. The summed E-state index contributed by atoms with van der Waals surface area (Å²) in [7, 11) is 1.61. The molecule has 0 unspecified atom stereocenters. The van der Waals surface area contributed by atoms with E-state index < -0.39 is 0 Å². The molecule has 0 saturated heterocycles. The van der Waals surface area contributed by atoms with Crippen molar-refractivity contribution in [3.63, 3.8) is 0 Å². The third kappa shape index (κ3) is 2.41. The molecule has 0 aliphatic rings. The molecule has 0 aliphatic heterocycles. The topological polar surface area (TPSA) is 86.0 Å². The number of azo groups is 1. The van der Waals surface area contributed by atoms with E-state index in [9.17, 15) is 0 Å². The maximum absolute atomic E-state index is 5.55. The Balaban J connectivity index is 2.20. The maximum Gasteiger partial charge on any atom is 0.250 e. The van der Waals surface area contributed by atoms with E-state index in [1.807, 2.05) is 0 Å². The van der Waals surface area contributed by atoms with Gasteiger partial charge in [-0.15, -0.1) is 5.11 Å². The Kier molecular flexibility index (Phi) is 3.04. The molecule has 0 radical (unpaired) electrons. The molecule has 0 amide bonds. The van der Waals surface area contributed by atoms with Gasteiger partial charge in [0.2, 0.25) is 5.88 Å². The van der Waals surface area contributed by atoms with Crippen LogP contribution in [0.3, 0.4) is 0 Å². The van der Waals surface area contributed by atoms with Crippen molar-refractivity contribution in [1.29, 1.82) is 0 Å². The van der Waals surface area contributed by atoms with Gasteiger partial charge in [-0.2, -0.15) is 5.11 Å². The summed E-state index contributed by atoms with van der Waals surface area (Å²) < 4.78 is 9.81. The van der Waals surface area contributed by atoms with Gasteiger partial charge in [-0.05, 0) is 31.2 Å². The van der Waals surface area contributed by atoms with Crippen molar-refractivity contribution in [3.8, 4) is 5.75 Å². The van der Waals surface area contributed by atoms with Crippen molar-refractivity contribution >= 4 is 17.3 Å². The first-order valence-electron chi connectivity index (χ1n) is 4.98. The smallest absolute Gasteiger partial charge is 0.250 e. The van der Waals surface area contributed by atoms with Crippen molar-refractivity contribution in [2.45, 2.75) is 6.92 Å². The fourth-order valence-corrected chi connectivity index (χ4v) is 1.26. The van der Waals surface area contributed by atoms with Crippen molar-refractivity contribution in [2.24, 2.45) is 10.2 Å². The molecule has 1 heterocycles. The maximum atomic E-state index is 5.55. The zero-order valence-electron chi connectivity index (χ0n) is 9.54. The van der Waals surface area contributed by atoms with Gasteiger partial charge in [-0.1, -0.05) is 5.16 Å². The largest absolute Gasteiger partial charge is 0.497 e. The number of aromatic nitrogens is 1. The molecule has 0 saturated carbocycles. The van der Waals surface area contributed by atoms with Crippen molar-refractivity contribution in [1.82, 2.24) is 5.16 Å². The van der Waals surface area contributed by atoms with Gasteiger partial charge in [-0.25, -0.2) is 0 Å². The monoisotopic (exact) mass is 232 g/mol. The van der Waals surface area contributed by atoms with Gasteiger partial charge in [0, 0.05) is 0 Å². The first-order chi connectivity index (χ1) is 8.20. The lowest BCUT2D eigenvalue weighted by Gasteiger charge is -1.97. The van der Waals surface area contributed by atoms with E-state index in [4.69, 9.17) is 15.0 Å². The average molecular weight is 232 g/mol. The van der Waals surface area contributed by atoms with E-state index in [1.165, 1.54) is 0 Å². The third-order valence-electron chi connectivity index (χ3n) is 2.19. The molecule has 0 bridgehead atoms. The normalized spacial score (nSPS) is 10.9. The molecule has 0 atom stereocenters. The van der Waals surface area contributed by atoms with Crippen LogP contribution >= 0.6 is 0 Å². The third-order valence-corrected chi connectivity index (χ3v) is 2.19. The predicted octanol–water partition coefficient (Wildman–Crippen LogP) is 2.99. The number of hydrogen-bond acceptors (Lipinski definition) is 6. The fourth-order valence-electron chi connectivity index (χ4n) is 1.26. The Hall–Kier alpha value is -2.37. The SMILES string of the molecule is COc1ccc(N=Nc2c(C)noc2N)cc1. The molecule has 17 heavy (non-hydrogen) atoms. The van der Waals surface area contributed by atoms with Crippen LogP contribution in [0.2, 0.25) is 0 Å². The Morgan fingerprint density at radius 1 is 1.24 bits per heavy atom. The number of ether oxygens (including phenoxy) is 1. The highest BCUT2D eigenvalue weighted by molar-refractivity contribution is 5.57. The van der Waals surface area contributed by atoms with Gasteiger partial charge >= 0.3 is 0 Å². The summed E-state index contributed by atoms with van der Waals surface area (Å²) in [5.74, 6) is 0.935. The van der Waals surface area contributed by atoms with Crippen molar-refractivity contribution in [2.75, 3.05) is 12.8 Å². The Morgan fingerprint density at radius 3 is 2.47 bits per heavy atom. The van der Waals surface area contributed by atoms with E-state index in [0.717, 1.165) is 5.75 Å². The van der Waals surface area contributed by atoms with Crippen LogP contribution in [0.25, 0.3) is 0 Å². The summed E-state index contributed by atoms with van der Waals surface area (Å²) in [5.41, 5.74) is 7.32. The van der Waals surface area contributed by atoms with E-state index >= 15 is 0 Å². The van der Waals surface area contributed by atoms with Gasteiger partial charge in [0.05, 0.1) is 12.8 Å². The number of hydrogen-bond donors (Lipinski definition) is 1. The van der Waals surface area contributed by atoms with Gasteiger partial charge in [0.25, 0.3) is 0 Å². The van der Waals surface area contributed by atoms with Gasteiger partial charge in [0.15, 0.2) is 5.69 Å². The zero-order valence-corrected chi connectivity index (χ0v) is 9.54. The predicted molar refractivity (Wildman–Crippen MR) is 62.8 cm³/mol. The lowest BCUT2D eigenvalue weighted by molar-refractivity contribution is 0.415. The second-order valence-electron chi connectivity index (χ2n) is 3.38. The number of nitrogen functional groups attached to an aromatic ring is 1. The number of anilines is 1. The van der Waals surface area contributed by atoms with E-state index in [0.29, 0.717) is 17.1 Å². The number of nitrogens with two attached hydrogens (primary N) is 1. The van der Waals surface area contributed by atoms with Gasteiger partial charge in [0.1, 0.15) is 11.4 Å². The first-order valence-corrected chi connectivity index (χ1v) is 4.98. The number of aryl methyl sites for hydroxylation is 1. The lowest BCUT2D eigenvalue weighted by Crippen LogP contribution is -1.80. The highest BCUT2D eigenvalue weighted by Crippen LogP contribution is 2.28. The minimum absolute atomic E-state index is 0.166. The van der Waals surface area contributed by atoms with Gasteiger partial charge < -0.3 is 15.0 Å². The van der Waals surface area contributed by atoms with E-state index in [-0.39, 0.29) is 5.88 Å². The zero-order chi connectivity index (χ0) is 12.3. The molecule has 2 aromatic rings. The molecule has 2 N–H and O–H groups in total. The van der Waals surface area contributed by atoms with Crippen LogP contribution < -0.4 is 10.5 Å². The number of nitrogens with zero attached hydrogens (tertiary/aromatic N) is 3. The molecule has 0 fully saturated rings. The molecule has 2 rings (SSSR count). The highest BCUT2D eigenvalue weighted by atomic mass is 16.5. The van der Waals surface area contributed by atoms with Crippen LogP contribution in [-0.4, -0.2) is 12.3 Å². The summed E-state index contributed by atoms with van der Waals surface area (Å²) in [6, 6.07) is 7.19. The molecular weight excluding hydrogens is 220 g/mol. The molecule has 0 aliphatic carbocycles.